The van der Waals surface area contributed by atoms with Crippen molar-refractivity contribution in [3.63, 3.8) is 0 Å². The van der Waals surface area contributed by atoms with Crippen LogP contribution in [-0.2, 0) is 4.79 Å². The predicted octanol–water partition coefficient (Wildman–Crippen LogP) is -0.121. The zero-order chi connectivity index (χ0) is 14.4. The summed E-state index contributed by atoms with van der Waals surface area (Å²) < 4.78 is 10.1. The maximum Gasteiger partial charge on any atom is 0.334 e. The zero-order valence-electron chi connectivity index (χ0n) is 10.5. The molecule has 0 heterocycles. The minimum atomic E-state index is -1.65. The topological polar surface area (TPSA) is 105 Å². The van der Waals surface area contributed by atoms with Gasteiger partial charge in [-0.25, -0.2) is 4.79 Å². The van der Waals surface area contributed by atoms with Crippen molar-refractivity contribution in [2.75, 3.05) is 20.8 Å². The van der Waals surface area contributed by atoms with Crippen LogP contribution in [-0.4, -0.2) is 49.0 Å². The number of aliphatic carboxylic acids is 1. The standard InChI is InChI=1S/C12H15NO6/c1-18-9-5-3-4-7(10(9)19-2)11(15)13-6-8(14)12(16)17/h3-5,8,14H,6H2,1-2H3,(H,13,15)(H,16,17). The van der Waals surface area contributed by atoms with Gasteiger partial charge in [0.2, 0.25) is 0 Å². The second kappa shape index (κ2) is 6.60. The summed E-state index contributed by atoms with van der Waals surface area (Å²) in [6.07, 6.45) is -1.65. The Balaban J connectivity index is 2.85. The number of amides is 1. The van der Waals surface area contributed by atoms with E-state index in [1.807, 2.05) is 0 Å². The number of ether oxygens (including phenoxy) is 2. The molecule has 0 saturated carbocycles. The molecule has 1 unspecified atom stereocenters. The molecule has 7 nitrogen and oxygen atoms in total. The Morgan fingerprint density at radius 1 is 1.32 bits per heavy atom. The van der Waals surface area contributed by atoms with Gasteiger partial charge in [-0.3, -0.25) is 4.79 Å². The molecule has 1 rings (SSSR count). The van der Waals surface area contributed by atoms with Crippen molar-refractivity contribution in [2.24, 2.45) is 0 Å². The van der Waals surface area contributed by atoms with Crippen molar-refractivity contribution >= 4 is 11.9 Å². The molecule has 0 spiro atoms. The van der Waals surface area contributed by atoms with Crippen LogP contribution in [0.15, 0.2) is 18.2 Å². The van der Waals surface area contributed by atoms with E-state index in [1.54, 1.807) is 12.1 Å². The van der Waals surface area contributed by atoms with Crippen LogP contribution in [0.2, 0.25) is 0 Å². The van der Waals surface area contributed by atoms with Gasteiger partial charge in [0.25, 0.3) is 5.91 Å². The summed E-state index contributed by atoms with van der Waals surface area (Å²) in [4.78, 5) is 22.3. The predicted molar refractivity (Wildman–Crippen MR) is 65.5 cm³/mol. The molecule has 0 bridgehead atoms. The van der Waals surface area contributed by atoms with Gasteiger partial charge in [0.1, 0.15) is 0 Å². The molecule has 0 aliphatic carbocycles. The van der Waals surface area contributed by atoms with Crippen LogP contribution < -0.4 is 14.8 Å². The number of carboxylic acid groups (broad SMARTS) is 1. The first-order valence-electron chi connectivity index (χ1n) is 5.41. The van der Waals surface area contributed by atoms with E-state index in [1.165, 1.54) is 20.3 Å². The summed E-state index contributed by atoms with van der Waals surface area (Å²) >= 11 is 0. The van der Waals surface area contributed by atoms with Crippen LogP contribution >= 0.6 is 0 Å². The number of methoxy groups -OCH3 is 2. The van der Waals surface area contributed by atoms with Crippen LogP contribution in [0.1, 0.15) is 10.4 Å². The lowest BCUT2D eigenvalue weighted by Crippen LogP contribution is -2.36. The monoisotopic (exact) mass is 269 g/mol. The van der Waals surface area contributed by atoms with Crippen molar-refractivity contribution in [2.45, 2.75) is 6.10 Å². The third-order valence-corrected chi connectivity index (χ3v) is 2.39. The minimum Gasteiger partial charge on any atom is -0.493 e. The third kappa shape index (κ3) is 3.59. The molecule has 0 saturated heterocycles. The first kappa shape index (κ1) is 14.8. The second-order valence-electron chi connectivity index (χ2n) is 3.61. The summed E-state index contributed by atoms with van der Waals surface area (Å²) in [6, 6.07) is 4.73. The highest BCUT2D eigenvalue weighted by Crippen LogP contribution is 2.30. The average Bonchev–Trinajstić information content (AvgIpc) is 2.42. The van der Waals surface area contributed by atoms with Crippen molar-refractivity contribution in [1.29, 1.82) is 0 Å². The minimum absolute atomic E-state index is 0.194. The zero-order valence-corrected chi connectivity index (χ0v) is 10.5. The van der Waals surface area contributed by atoms with E-state index >= 15 is 0 Å². The first-order valence-corrected chi connectivity index (χ1v) is 5.41. The summed E-state index contributed by atoms with van der Waals surface area (Å²) in [6.45, 7) is -0.394. The quantitative estimate of drug-likeness (QED) is 0.665. The van der Waals surface area contributed by atoms with Crippen LogP contribution in [0.5, 0.6) is 11.5 Å². The fourth-order valence-corrected chi connectivity index (χ4v) is 1.44. The summed E-state index contributed by atoms with van der Waals surface area (Å²) in [5.74, 6) is -1.34. The van der Waals surface area contributed by atoms with Gasteiger partial charge in [-0.1, -0.05) is 6.07 Å². The molecular weight excluding hydrogens is 254 g/mol. The lowest BCUT2D eigenvalue weighted by Gasteiger charge is -2.13. The van der Waals surface area contributed by atoms with Crippen molar-refractivity contribution in [3.05, 3.63) is 23.8 Å². The fraction of sp³-hybridized carbons (Fsp3) is 0.333. The Labute approximate surface area is 109 Å². The Hall–Kier alpha value is -2.28. The van der Waals surface area contributed by atoms with Gasteiger partial charge in [-0.15, -0.1) is 0 Å². The number of rotatable bonds is 6. The Bertz CT molecular complexity index is 473. The number of hydrogen-bond acceptors (Lipinski definition) is 5. The number of carbonyl (C=O) groups is 2. The number of para-hydroxylation sites is 1. The number of aliphatic hydroxyl groups excluding tert-OH is 1. The number of nitrogens with one attached hydrogen (secondary N) is 1. The van der Waals surface area contributed by atoms with Crippen LogP contribution in [0.25, 0.3) is 0 Å². The number of benzene rings is 1. The molecular formula is C12H15NO6. The Kier molecular flexibility index (Phi) is 5.13. The molecule has 1 atom stereocenters. The third-order valence-electron chi connectivity index (χ3n) is 2.39. The molecule has 19 heavy (non-hydrogen) atoms. The van der Waals surface area contributed by atoms with E-state index in [0.717, 1.165) is 0 Å². The SMILES string of the molecule is COc1cccc(C(=O)NCC(O)C(=O)O)c1OC. The number of carbonyl (C=O) groups excluding carboxylic acids is 1. The van der Waals surface area contributed by atoms with Crippen molar-refractivity contribution in [1.82, 2.24) is 5.32 Å². The highest BCUT2D eigenvalue weighted by atomic mass is 16.5. The first-order chi connectivity index (χ1) is 9.01. The van der Waals surface area contributed by atoms with Gasteiger partial charge in [0.15, 0.2) is 17.6 Å². The molecule has 7 heteroatoms. The summed E-state index contributed by atoms with van der Waals surface area (Å²) in [5.41, 5.74) is 0.194. The number of carboxylic acids is 1. The average molecular weight is 269 g/mol. The van der Waals surface area contributed by atoms with Gasteiger partial charge in [-0.05, 0) is 12.1 Å². The van der Waals surface area contributed by atoms with Gasteiger partial charge in [0, 0.05) is 0 Å². The molecule has 1 amide bonds. The summed E-state index contributed by atoms with van der Waals surface area (Å²) in [5, 5.41) is 19.9. The van der Waals surface area contributed by atoms with Crippen molar-refractivity contribution < 1.29 is 29.3 Å². The molecule has 1 aromatic carbocycles. The lowest BCUT2D eigenvalue weighted by molar-refractivity contribution is -0.146. The molecule has 0 fully saturated rings. The number of aliphatic hydroxyl groups is 1. The summed E-state index contributed by atoms with van der Waals surface area (Å²) in [7, 11) is 2.83. The van der Waals surface area contributed by atoms with Gasteiger partial charge < -0.3 is 25.0 Å². The largest absolute Gasteiger partial charge is 0.493 e. The molecule has 1 aromatic rings. The molecule has 0 aliphatic rings. The maximum atomic E-state index is 11.9. The molecule has 0 radical (unpaired) electrons. The van der Waals surface area contributed by atoms with Gasteiger partial charge in [0.05, 0.1) is 26.3 Å². The van der Waals surface area contributed by atoms with Gasteiger partial charge in [-0.2, -0.15) is 0 Å². The van der Waals surface area contributed by atoms with Crippen LogP contribution in [0, 0.1) is 0 Å². The van der Waals surface area contributed by atoms with Crippen molar-refractivity contribution in [3.8, 4) is 11.5 Å². The second-order valence-corrected chi connectivity index (χ2v) is 3.61. The maximum absolute atomic E-state index is 11.9. The Morgan fingerprint density at radius 3 is 2.53 bits per heavy atom. The highest BCUT2D eigenvalue weighted by Gasteiger charge is 2.19. The molecule has 3 N–H and O–H groups in total. The molecule has 0 aliphatic heterocycles. The lowest BCUT2D eigenvalue weighted by atomic mass is 10.1. The van der Waals surface area contributed by atoms with E-state index in [0.29, 0.717) is 5.75 Å². The fourth-order valence-electron chi connectivity index (χ4n) is 1.44. The highest BCUT2D eigenvalue weighted by molar-refractivity contribution is 5.98. The molecule has 0 aromatic heterocycles. The van der Waals surface area contributed by atoms with Gasteiger partial charge >= 0.3 is 5.97 Å². The van der Waals surface area contributed by atoms with E-state index < -0.39 is 24.5 Å². The van der Waals surface area contributed by atoms with E-state index in [9.17, 15) is 9.59 Å². The van der Waals surface area contributed by atoms with E-state index in [4.69, 9.17) is 19.7 Å². The smallest absolute Gasteiger partial charge is 0.334 e. The number of hydrogen-bond donors (Lipinski definition) is 3. The van der Waals surface area contributed by atoms with Crippen LogP contribution in [0.4, 0.5) is 0 Å². The van der Waals surface area contributed by atoms with Crippen LogP contribution in [0.3, 0.4) is 0 Å². The van der Waals surface area contributed by atoms with E-state index in [-0.39, 0.29) is 11.3 Å². The van der Waals surface area contributed by atoms with E-state index in [2.05, 4.69) is 5.32 Å². The normalized spacial score (nSPS) is 11.5. The Morgan fingerprint density at radius 2 is 2.00 bits per heavy atom. The molecule has 104 valence electrons.